The summed E-state index contributed by atoms with van der Waals surface area (Å²) in [5.41, 5.74) is 4.98. The van der Waals surface area contributed by atoms with Crippen molar-refractivity contribution in [2.75, 3.05) is 38.2 Å². The zero-order chi connectivity index (χ0) is 24.9. The van der Waals surface area contributed by atoms with Crippen molar-refractivity contribution in [3.05, 3.63) is 87.9 Å². The first kappa shape index (κ1) is 24.9. The van der Waals surface area contributed by atoms with Crippen LogP contribution in [0.2, 0.25) is 5.02 Å². The molecule has 0 bridgehead atoms. The molecule has 0 N–H and O–H groups in total. The van der Waals surface area contributed by atoms with Crippen LogP contribution in [-0.2, 0) is 6.61 Å². The number of rotatable bonds is 7. The van der Waals surface area contributed by atoms with Gasteiger partial charge >= 0.3 is 0 Å². The first-order valence-electron chi connectivity index (χ1n) is 12.1. The quantitative estimate of drug-likeness (QED) is 0.387. The molecule has 3 aromatic rings. The summed E-state index contributed by atoms with van der Waals surface area (Å²) in [7, 11) is 1.64. The lowest BCUT2D eigenvalue weighted by Crippen LogP contribution is -2.49. The number of hydrogen-bond acceptors (Lipinski definition) is 4. The van der Waals surface area contributed by atoms with Gasteiger partial charge in [-0.05, 0) is 60.4 Å². The molecule has 6 heteroatoms. The SMILES string of the molecule is COc1ccc(C(=O)N2CCN(c3cc(Cl)ccc3C)CC2)cc1COc1ccccc1C(C)C. The smallest absolute Gasteiger partial charge is 0.253 e. The average Bonchev–Trinajstić information content (AvgIpc) is 2.88. The number of aryl methyl sites for hydroxylation is 1. The maximum absolute atomic E-state index is 13.3. The van der Waals surface area contributed by atoms with Gasteiger partial charge in [0.25, 0.3) is 5.91 Å². The number of anilines is 1. The third kappa shape index (κ3) is 5.73. The molecule has 184 valence electrons. The minimum Gasteiger partial charge on any atom is -0.496 e. The molecule has 35 heavy (non-hydrogen) atoms. The predicted octanol–water partition coefficient (Wildman–Crippen LogP) is 6.32. The van der Waals surface area contributed by atoms with Gasteiger partial charge in [-0.2, -0.15) is 0 Å². The van der Waals surface area contributed by atoms with E-state index in [0.29, 0.717) is 36.9 Å². The molecule has 1 fully saturated rings. The molecule has 0 aliphatic carbocycles. The number of benzene rings is 3. The molecule has 4 rings (SSSR count). The van der Waals surface area contributed by atoms with Crippen molar-refractivity contribution in [2.45, 2.75) is 33.3 Å². The van der Waals surface area contributed by atoms with Crippen molar-refractivity contribution in [1.29, 1.82) is 0 Å². The minimum absolute atomic E-state index is 0.0268. The van der Waals surface area contributed by atoms with Crippen LogP contribution in [0.25, 0.3) is 0 Å². The molecule has 1 aliphatic heterocycles. The average molecular weight is 493 g/mol. The molecule has 1 heterocycles. The molecular formula is C29H33ClN2O3. The van der Waals surface area contributed by atoms with E-state index in [-0.39, 0.29) is 5.91 Å². The van der Waals surface area contributed by atoms with E-state index in [1.807, 2.05) is 59.5 Å². The largest absolute Gasteiger partial charge is 0.496 e. The Morgan fingerprint density at radius 1 is 0.971 bits per heavy atom. The summed E-state index contributed by atoms with van der Waals surface area (Å²) in [6, 6.07) is 19.6. The summed E-state index contributed by atoms with van der Waals surface area (Å²) in [6.07, 6.45) is 0. The van der Waals surface area contributed by atoms with E-state index in [1.165, 1.54) is 5.56 Å². The van der Waals surface area contributed by atoms with E-state index >= 15 is 0 Å². The number of methoxy groups -OCH3 is 1. The third-order valence-electron chi connectivity index (χ3n) is 6.53. The number of piperazine rings is 1. The molecule has 0 atom stereocenters. The molecule has 0 aromatic heterocycles. The second-order valence-corrected chi connectivity index (χ2v) is 9.65. The molecular weight excluding hydrogens is 460 g/mol. The summed E-state index contributed by atoms with van der Waals surface area (Å²) < 4.78 is 11.7. The second-order valence-electron chi connectivity index (χ2n) is 9.22. The lowest BCUT2D eigenvalue weighted by atomic mass is 10.0. The van der Waals surface area contributed by atoms with E-state index in [4.69, 9.17) is 21.1 Å². The maximum Gasteiger partial charge on any atom is 0.253 e. The topological polar surface area (TPSA) is 42.0 Å². The molecule has 1 amide bonds. The van der Waals surface area contributed by atoms with Crippen molar-refractivity contribution in [3.63, 3.8) is 0 Å². The highest BCUT2D eigenvalue weighted by Gasteiger charge is 2.24. The fourth-order valence-corrected chi connectivity index (χ4v) is 4.69. The van der Waals surface area contributed by atoms with Crippen LogP contribution >= 0.6 is 11.6 Å². The van der Waals surface area contributed by atoms with E-state index < -0.39 is 0 Å². The van der Waals surface area contributed by atoms with E-state index in [2.05, 4.69) is 31.7 Å². The highest BCUT2D eigenvalue weighted by molar-refractivity contribution is 6.30. The van der Waals surface area contributed by atoms with Crippen LogP contribution in [0, 0.1) is 6.92 Å². The van der Waals surface area contributed by atoms with E-state index in [9.17, 15) is 4.79 Å². The van der Waals surface area contributed by atoms with E-state index in [1.54, 1.807) is 7.11 Å². The normalized spacial score (nSPS) is 13.8. The Labute approximate surface area is 213 Å². The number of carbonyl (C=O) groups excluding carboxylic acids is 1. The Hall–Kier alpha value is -3.18. The van der Waals surface area contributed by atoms with Gasteiger partial charge < -0.3 is 19.3 Å². The Morgan fingerprint density at radius 3 is 2.43 bits per heavy atom. The van der Waals surface area contributed by atoms with Crippen LogP contribution in [0.5, 0.6) is 11.5 Å². The fourth-order valence-electron chi connectivity index (χ4n) is 4.53. The molecule has 0 saturated carbocycles. The van der Waals surface area contributed by atoms with Gasteiger partial charge in [-0.15, -0.1) is 0 Å². The Balaban J connectivity index is 1.45. The van der Waals surface area contributed by atoms with Gasteiger partial charge in [-0.3, -0.25) is 4.79 Å². The van der Waals surface area contributed by atoms with Crippen LogP contribution in [0.4, 0.5) is 5.69 Å². The molecule has 0 radical (unpaired) electrons. The lowest BCUT2D eigenvalue weighted by Gasteiger charge is -2.37. The molecule has 0 spiro atoms. The van der Waals surface area contributed by atoms with Crippen molar-refractivity contribution in [2.24, 2.45) is 0 Å². The Morgan fingerprint density at radius 2 is 1.71 bits per heavy atom. The summed E-state index contributed by atoms with van der Waals surface area (Å²) in [5.74, 6) is 1.95. The molecule has 1 aliphatic rings. The highest BCUT2D eigenvalue weighted by atomic mass is 35.5. The Kier molecular flexibility index (Phi) is 7.86. The van der Waals surface area contributed by atoms with E-state index in [0.717, 1.165) is 40.7 Å². The van der Waals surface area contributed by atoms with Crippen molar-refractivity contribution < 1.29 is 14.3 Å². The standard InChI is InChI=1S/C29H33ClN2O3/c1-20(2)25-7-5-6-8-28(25)35-19-23-17-22(10-12-27(23)34-4)29(33)32-15-13-31(14-16-32)26-18-24(30)11-9-21(26)3/h5-12,17-18,20H,13-16,19H2,1-4H3. The summed E-state index contributed by atoms with van der Waals surface area (Å²) >= 11 is 6.21. The van der Waals surface area contributed by atoms with Gasteiger partial charge in [0.15, 0.2) is 0 Å². The number of amides is 1. The maximum atomic E-state index is 13.3. The zero-order valence-corrected chi connectivity index (χ0v) is 21.6. The fraction of sp³-hybridized carbons (Fsp3) is 0.345. The predicted molar refractivity (Wildman–Crippen MR) is 142 cm³/mol. The van der Waals surface area contributed by atoms with Gasteiger partial charge in [-0.1, -0.05) is 49.7 Å². The molecule has 1 saturated heterocycles. The van der Waals surface area contributed by atoms with Crippen molar-refractivity contribution in [3.8, 4) is 11.5 Å². The lowest BCUT2D eigenvalue weighted by molar-refractivity contribution is 0.0746. The van der Waals surface area contributed by atoms with Crippen LogP contribution < -0.4 is 14.4 Å². The zero-order valence-electron chi connectivity index (χ0n) is 20.9. The van der Waals surface area contributed by atoms with Gasteiger partial charge in [-0.25, -0.2) is 0 Å². The van der Waals surface area contributed by atoms with Gasteiger partial charge in [0.1, 0.15) is 18.1 Å². The number of ether oxygens (including phenoxy) is 2. The van der Waals surface area contributed by atoms with Crippen LogP contribution in [0.15, 0.2) is 60.7 Å². The second kappa shape index (κ2) is 11.0. The minimum atomic E-state index is 0.0268. The van der Waals surface area contributed by atoms with Crippen LogP contribution in [0.1, 0.15) is 46.8 Å². The number of carbonyl (C=O) groups is 1. The first-order valence-corrected chi connectivity index (χ1v) is 12.4. The van der Waals surface area contributed by atoms with Gasteiger partial charge in [0, 0.05) is 48.0 Å². The third-order valence-corrected chi connectivity index (χ3v) is 6.77. The molecule has 5 nitrogen and oxygen atoms in total. The highest BCUT2D eigenvalue weighted by Crippen LogP contribution is 2.29. The number of hydrogen-bond donors (Lipinski definition) is 0. The molecule has 3 aromatic carbocycles. The monoisotopic (exact) mass is 492 g/mol. The number of para-hydroxylation sites is 1. The van der Waals surface area contributed by atoms with Gasteiger partial charge in [0.05, 0.1) is 7.11 Å². The van der Waals surface area contributed by atoms with Crippen LogP contribution in [-0.4, -0.2) is 44.1 Å². The number of nitrogens with zero attached hydrogens (tertiary/aromatic N) is 2. The summed E-state index contributed by atoms with van der Waals surface area (Å²) in [6.45, 7) is 9.56. The Bertz CT molecular complexity index is 1190. The van der Waals surface area contributed by atoms with Crippen molar-refractivity contribution >= 4 is 23.2 Å². The summed E-state index contributed by atoms with van der Waals surface area (Å²) in [4.78, 5) is 17.5. The first-order chi connectivity index (χ1) is 16.9. The molecule has 0 unspecified atom stereocenters. The van der Waals surface area contributed by atoms with Gasteiger partial charge in [0.2, 0.25) is 0 Å². The van der Waals surface area contributed by atoms with Crippen LogP contribution in [0.3, 0.4) is 0 Å². The summed E-state index contributed by atoms with van der Waals surface area (Å²) in [5, 5.41) is 0.730. The van der Waals surface area contributed by atoms with Crippen molar-refractivity contribution in [1.82, 2.24) is 4.90 Å². The number of halogens is 1.